The molecule has 1 aromatic rings. The zero-order valence-corrected chi connectivity index (χ0v) is 12.2. The second kappa shape index (κ2) is 5.28. The lowest BCUT2D eigenvalue weighted by atomic mass is 10.0. The maximum atomic E-state index is 4.59. The summed E-state index contributed by atoms with van der Waals surface area (Å²) in [5.41, 5.74) is 1.40. The van der Waals surface area contributed by atoms with Crippen molar-refractivity contribution in [2.45, 2.75) is 53.5 Å². The second-order valence-electron chi connectivity index (χ2n) is 5.69. The summed E-state index contributed by atoms with van der Waals surface area (Å²) < 4.78 is 0. The van der Waals surface area contributed by atoms with E-state index in [1.54, 1.807) is 0 Å². The van der Waals surface area contributed by atoms with E-state index in [0.717, 1.165) is 13.0 Å². The van der Waals surface area contributed by atoms with Gasteiger partial charge in [0.1, 0.15) is 0 Å². The molecule has 1 rings (SSSR count). The molecule has 16 heavy (non-hydrogen) atoms. The van der Waals surface area contributed by atoms with Crippen molar-refractivity contribution in [2.24, 2.45) is 5.92 Å². The van der Waals surface area contributed by atoms with E-state index >= 15 is 0 Å². The minimum Gasteiger partial charge on any atom is -0.312 e. The van der Waals surface area contributed by atoms with Crippen LogP contribution in [0.15, 0.2) is 0 Å². The largest absolute Gasteiger partial charge is 0.312 e. The Morgan fingerprint density at radius 2 is 1.94 bits per heavy atom. The van der Waals surface area contributed by atoms with Crippen LogP contribution in [-0.2, 0) is 6.42 Å². The van der Waals surface area contributed by atoms with Gasteiger partial charge in [-0.1, -0.05) is 6.92 Å². The molecule has 1 atom stereocenters. The molecular formula is C13H24N2S. The lowest BCUT2D eigenvalue weighted by molar-refractivity contribution is 0.381. The highest BCUT2D eigenvalue weighted by Gasteiger charge is 2.13. The predicted octanol–water partition coefficient (Wildman–Crippen LogP) is 3.33. The Morgan fingerprint density at radius 3 is 2.38 bits per heavy atom. The molecule has 1 aromatic heterocycles. The molecule has 0 saturated carbocycles. The Bertz CT molecular complexity index is 317. The summed E-state index contributed by atoms with van der Waals surface area (Å²) in [7, 11) is 0. The van der Waals surface area contributed by atoms with Gasteiger partial charge in [-0.3, -0.25) is 0 Å². The highest BCUT2D eigenvalue weighted by atomic mass is 32.1. The van der Waals surface area contributed by atoms with Crippen molar-refractivity contribution in [1.82, 2.24) is 10.3 Å². The summed E-state index contributed by atoms with van der Waals surface area (Å²) in [4.78, 5) is 5.94. The van der Waals surface area contributed by atoms with Crippen molar-refractivity contribution in [2.75, 3.05) is 6.54 Å². The molecule has 0 aromatic carbocycles. The van der Waals surface area contributed by atoms with Gasteiger partial charge < -0.3 is 5.32 Å². The summed E-state index contributed by atoms with van der Waals surface area (Å²) in [5.74, 6) is 0.643. The number of aromatic nitrogens is 1. The van der Waals surface area contributed by atoms with Crippen LogP contribution in [0.4, 0.5) is 0 Å². The van der Waals surface area contributed by atoms with E-state index in [-0.39, 0.29) is 5.54 Å². The van der Waals surface area contributed by atoms with Crippen molar-refractivity contribution in [3.8, 4) is 0 Å². The van der Waals surface area contributed by atoms with Crippen LogP contribution in [0, 0.1) is 19.8 Å². The van der Waals surface area contributed by atoms with Crippen LogP contribution in [0.5, 0.6) is 0 Å². The van der Waals surface area contributed by atoms with E-state index in [0.29, 0.717) is 5.92 Å². The zero-order valence-electron chi connectivity index (χ0n) is 11.3. The van der Waals surface area contributed by atoms with E-state index in [4.69, 9.17) is 0 Å². The van der Waals surface area contributed by atoms with E-state index in [9.17, 15) is 0 Å². The monoisotopic (exact) mass is 240 g/mol. The van der Waals surface area contributed by atoms with Gasteiger partial charge in [0, 0.05) is 16.8 Å². The first-order valence-corrected chi connectivity index (χ1v) is 6.77. The highest BCUT2D eigenvalue weighted by Crippen LogP contribution is 2.19. The third-order valence-corrected chi connectivity index (χ3v) is 3.67. The van der Waals surface area contributed by atoms with Crippen LogP contribution in [0.3, 0.4) is 0 Å². The van der Waals surface area contributed by atoms with Crippen LogP contribution in [0.1, 0.15) is 43.3 Å². The van der Waals surface area contributed by atoms with Gasteiger partial charge in [0.25, 0.3) is 0 Å². The number of hydrogen-bond donors (Lipinski definition) is 1. The summed E-state index contributed by atoms with van der Waals surface area (Å²) in [5, 5.41) is 4.82. The topological polar surface area (TPSA) is 24.9 Å². The lowest BCUT2D eigenvalue weighted by Crippen LogP contribution is -2.39. The molecule has 0 bridgehead atoms. The molecule has 0 aliphatic carbocycles. The zero-order chi connectivity index (χ0) is 12.3. The minimum absolute atomic E-state index is 0.211. The van der Waals surface area contributed by atoms with Gasteiger partial charge in [-0.15, -0.1) is 11.3 Å². The first-order chi connectivity index (χ1) is 7.28. The molecule has 1 N–H and O–H groups in total. The van der Waals surface area contributed by atoms with Gasteiger partial charge in [-0.2, -0.15) is 0 Å². The van der Waals surface area contributed by atoms with Gasteiger partial charge in [-0.05, 0) is 47.1 Å². The molecule has 92 valence electrons. The van der Waals surface area contributed by atoms with Crippen LogP contribution < -0.4 is 5.32 Å². The summed E-state index contributed by atoms with van der Waals surface area (Å²) >= 11 is 1.84. The first-order valence-electron chi connectivity index (χ1n) is 5.96. The van der Waals surface area contributed by atoms with Crippen molar-refractivity contribution < 1.29 is 0 Å². The SMILES string of the molecule is Cc1nc(CC(C)CNC(C)(C)C)sc1C. The van der Waals surface area contributed by atoms with Crippen LogP contribution in [0.2, 0.25) is 0 Å². The van der Waals surface area contributed by atoms with Gasteiger partial charge in [0.05, 0.1) is 10.7 Å². The number of thiazole rings is 1. The summed E-state index contributed by atoms with van der Waals surface area (Å²) in [6.07, 6.45) is 1.09. The number of nitrogens with zero attached hydrogens (tertiary/aromatic N) is 1. The lowest BCUT2D eigenvalue weighted by Gasteiger charge is -2.23. The fourth-order valence-electron chi connectivity index (χ4n) is 1.48. The number of rotatable bonds is 4. The Kier molecular flexibility index (Phi) is 4.51. The minimum atomic E-state index is 0.211. The smallest absolute Gasteiger partial charge is 0.0934 e. The Hall–Kier alpha value is -0.410. The molecule has 0 radical (unpaired) electrons. The summed E-state index contributed by atoms with van der Waals surface area (Å²) in [6, 6.07) is 0. The molecule has 3 heteroatoms. The fourth-order valence-corrected chi connectivity index (χ4v) is 2.57. The van der Waals surface area contributed by atoms with Gasteiger partial charge in [-0.25, -0.2) is 4.98 Å². The molecule has 0 spiro atoms. The van der Waals surface area contributed by atoms with E-state index in [1.165, 1.54) is 15.6 Å². The maximum absolute atomic E-state index is 4.59. The third kappa shape index (κ3) is 4.62. The quantitative estimate of drug-likeness (QED) is 0.873. The molecule has 0 amide bonds. The molecular weight excluding hydrogens is 216 g/mol. The van der Waals surface area contributed by atoms with E-state index in [1.807, 2.05) is 11.3 Å². The molecule has 2 nitrogen and oxygen atoms in total. The maximum Gasteiger partial charge on any atom is 0.0934 e. The van der Waals surface area contributed by atoms with E-state index in [2.05, 4.69) is 51.8 Å². The van der Waals surface area contributed by atoms with Crippen LogP contribution in [-0.4, -0.2) is 17.1 Å². The third-order valence-electron chi connectivity index (χ3n) is 2.58. The molecule has 0 saturated heterocycles. The molecule has 0 aliphatic rings. The molecule has 1 unspecified atom stereocenters. The Balaban J connectivity index is 2.42. The van der Waals surface area contributed by atoms with Gasteiger partial charge in [0.15, 0.2) is 0 Å². The normalized spacial score (nSPS) is 14.1. The van der Waals surface area contributed by atoms with E-state index < -0.39 is 0 Å². The predicted molar refractivity (Wildman–Crippen MR) is 72.2 cm³/mol. The molecule has 1 heterocycles. The highest BCUT2D eigenvalue weighted by molar-refractivity contribution is 7.11. The van der Waals surface area contributed by atoms with Crippen molar-refractivity contribution in [3.63, 3.8) is 0 Å². The van der Waals surface area contributed by atoms with Crippen molar-refractivity contribution >= 4 is 11.3 Å². The number of hydrogen-bond acceptors (Lipinski definition) is 3. The first kappa shape index (κ1) is 13.7. The summed E-state index contributed by atoms with van der Waals surface area (Å²) in [6.45, 7) is 14.2. The molecule has 0 fully saturated rings. The van der Waals surface area contributed by atoms with Gasteiger partial charge >= 0.3 is 0 Å². The average molecular weight is 240 g/mol. The Morgan fingerprint density at radius 1 is 1.31 bits per heavy atom. The fraction of sp³-hybridized carbons (Fsp3) is 0.769. The van der Waals surface area contributed by atoms with Gasteiger partial charge in [0.2, 0.25) is 0 Å². The second-order valence-corrected chi connectivity index (χ2v) is 6.98. The van der Waals surface area contributed by atoms with Crippen molar-refractivity contribution in [1.29, 1.82) is 0 Å². The number of nitrogens with one attached hydrogen (secondary N) is 1. The van der Waals surface area contributed by atoms with Crippen molar-refractivity contribution in [3.05, 3.63) is 15.6 Å². The molecule has 0 aliphatic heterocycles. The van der Waals surface area contributed by atoms with Crippen LogP contribution in [0.25, 0.3) is 0 Å². The van der Waals surface area contributed by atoms with Crippen LogP contribution >= 0.6 is 11.3 Å². The average Bonchev–Trinajstić information content (AvgIpc) is 2.41. The Labute approximate surface area is 103 Å². The standard InChI is InChI=1S/C13H24N2S/c1-9(8-14-13(4,5)6)7-12-15-10(2)11(3)16-12/h9,14H,7-8H2,1-6H3. The number of aryl methyl sites for hydroxylation is 2.